The SMILES string of the molecule is CC1CCC(=NNC(=O)Cc2csc(N3CCOCC3)n2)CC1. The quantitative estimate of drug-likeness (QED) is 0.856. The zero-order valence-corrected chi connectivity index (χ0v) is 14.4. The van der Waals surface area contributed by atoms with Gasteiger partial charge >= 0.3 is 0 Å². The van der Waals surface area contributed by atoms with Crippen molar-refractivity contribution in [2.45, 2.75) is 39.0 Å². The highest BCUT2D eigenvalue weighted by Crippen LogP contribution is 2.22. The number of thiazole rings is 1. The van der Waals surface area contributed by atoms with Crippen LogP contribution in [0, 0.1) is 5.92 Å². The highest BCUT2D eigenvalue weighted by Gasteiger charge is 2.16. The van der Waals surface area contributed by atoms with Crippen LogP contribution in [0.3, 0.4) is 0 Å². The van der Waals surface area contributed by atoms with Crippen LogP contribution in [0.25, 0.3) is 0 Å². The summed E-state index contributed by atoms with van der Waals surface area (Å²) >= 11 is 1.59. The number of amides is 1. The first-order valence-corrected chi connectivity index (χ1v) is 9.20. The van der Waals surface area contributed by atoms with E-state index in [1.54, 1.807) is 11.3 Å². The van der Waals surface area contributed by atoms with E-state index in [4.69, 9.17) is 4.74 Å². The number of carbonyl (C=O) groups is 1. The third-order valence-corrected chi connectivity index (χ3v) is 5.30. The molecule has 1 aromatic rings. The van der Waals surface area contributed by atoms with Gasteiger partial charge in [0, 0.05) is 24.2 Å². The Kier molecular flexibility index (Phi) is 5.61. The Morgan fingerprint density at radius 2 is 2.17 bits per heavy atom. The number of aromatic nitrogens is 1. The van der Waals surface area contributed by atoms with E-state index in [1.807, 2.05) is 5.38 Å². The molecule has 2 fully saturated rings. The van der Waals surface area contributed by atoms with E-state index < -0.39 is 0 Å². The van der Waals surface area contributed by atoms with Crippen molar-refractivity contribution in [2.75, 3.05) is 31.2 Å². The first kappa shape index (κ1) is 16.4. The molecule has 23 heavy (non-hydrogen) atoms. The number of ether oxygens (including phenoxy) is 1. The van der Waals surface area contributed by atoms with Crippen molar-refractivity contribution in [1.82, 2.24) is 10.4 Å². The minimum Gasteiger partial charge on any atom is -0.378 e. The second-order valence-corrected chi connectivity index (χ2v) is 7.13. The summed E-state index contributed by atoms with van der Waals surface area (Å²) in [4.78, 5) is 18.8. The van der Waals surface area contributed by atoms with Crippen LogP contribution in [0.15, 0.2) is 10.5 Å². The number of hydrazone groups is 1. The Bertz CT molecular complexity index is 556. The highest BCUT2D eigenvalue weighted by molar-refractivity contribution is 7.13. The summed E-state index contributed by atoms with van der Waals surface area (Å²) in [6.07, 6.45) is 4.63. The van der Waals surface area contributed by atoms with Gasteiger partial charge < -0.3 is 9.64 Å². The van der Waals surface area contributed by atoms with E-state index in [0.29, 0.717) is 0 Å². The Labute approximate surface area is 140 Å². The van der Waals surface area contributed by atoms with Crippen LogP contribution in [0.5, 0.6) is 0 Å². The Hall–Kier alpha value is -1.47. The molecular weight excluding hydrogens is 312 g/mol. The average molecular weight is 336 g/mol. The van der Waals surface area contributed by atoms with E-state index in [-0.39, 0.29) is 12.3 Å². The molecule has 1 amide bonds. The Morgan fingerprint density at radius 1 is 1.43 bits per heavy atom. The molecule has 0 aromatic carbocycles. The first-order chi connectivity index (χ1) is 11.2. The normalized spacial score (nSPS) is 22.0. The maximum absolute atomic E-state index is 12.0. The number of hydrogen-bond acceptors (Lipinski definition) is 6. The fourth-order valence-electron chi connectivity index (χ4n) is 2.83. The average Bonchev–Trinajstić information content (AvgIpc) is 3.04. The molecule has 3 rings (SSSR count). The van der Waals surface area contributed by atoms with Crippen molar-refractivity contribution in [1.29, 1.82) is 0 Å². The van der Waals surface area contributed by atoms with E-state index in [2.05, 4.69) is 27.3 Å². The van der Waals surface area contributed by atoms with Gasteiger partial charge in [0.25, 0.3) is 0 Å². The molecular formula is C16H24N4O2S. The molecule has 1 saturated heterocycles. The van der Waals surface area contributed by atoms with Crippen LogP contribution in [0.4, 0.5) is 5.13 Å². The fraction of sp³-hybridized carbons (Fsp3) is 0.688. The lowest BCUT2D eigenvalue weighted by molar-refractivity contribution is -0.120. The van der Waals surface area contributed by atoms with Crippen molar-refractivity contribution in [3.63, 3.8) is 0 Å². The Balaban J connectivity index is 1.48. The second kappa shape index (κ2) is 7.88. The number of nitrogens with one attached hydrogen (secondary N) is 1. The number of nitrogens with zero attached hydrogens (tertiary/aromatic N) is 3. The van der Waals surface area contributed by atoms with Crippen molar-refractivity contribution in [3.05, 3.63) is 11.1 Å². The molecule has 0 bridgehead atoms. The number of rotatable bonds is 4. The molecule has 1 aliphatic carbocycles. The van der Waals surface area contributed by atoms with Crippen LogP contribution in [0.1, 0.15) is 38.3 Å². The van der Waals surface area contributed by atoms with Crippen molar-refractivity contribution >= 4 is 28.1 Å². The van der Waals surface area contributed by atoms with Gasteiger partial charge in [0.15, 0.2) is 5.13 Å². The lowest BCUT2D eigenvalue weighted by atomic mass is 9.90. The van der Waals surface area contributed by atoms with Gasteiger partial charge in [0.2, 0.25) is 5.91 Å². The molecule has 7 heteroatoms. The molecule has 6 nitrogen and oxygen atoms in total. The number of morpholine rings is 1. The summed E-state index contributed by atoms with van der Waals surface area (Å²) in [6.45, 7) is 5.48. The molecule has 0 atom stereocenters. The largest absolute Gasteiger partial charge is 0.378 e. The van der Waals surface area contributed by atoms with Gasteiger partial charge in [-0.25, -0.2) is 10.4 Å². The van der Waals surface area contributed by atoms with E-state index in [0.717, 1.165) is 61.6 Å². The lowest BCUT2D eigenvalue weighted by Crippen LogP contribution is -2.36. The van der Waals surface area contributed by atoms with Crippen LogP contribution >= 0.6 is 11.3 Å². The maximum Gasteiger partial charge on any atom is 0.246 e. The predicted octanol–water partition coefficient (Wildman–Crippen LogP) is 2.20. The molecule has 1 saturated carbocycles. The van der Waals surface area contributed by atoms with Gasteiger partial charge in [-0.15, -0.1) is 11.3 Å². The topological polar surface area (TPSA) is 66.8 Å². The standard InChI is InChI=1S/C16H24N4O2S/c1-12-2-4-13(5-3-12)18-19-15(21)10-14-11-23-16(17-14)20-6-8-22-9-7-20/h11-12H,2-10H2,1H3,(H,19,21). The summed E-state index contributed by atoms with van der Waals surface area (Å²) in [5.41, 5.74) is 4.61. The van der Waals surface area contributed by atoms with E-state index in [1.165, 1.54) is 12.8 Å². The smallest absolute Gasteiger partial charge is 0.246 e. The van der Waals surface area contributed by atoms with Gasteiger partial charge in [-0.05, 0) is 31.6 Å². The Morgan fingerprint density at radius 3 is 2.91 bits per heavy atom. The number of hydrogen-bond donors (Lipinski definition) is 1. The zero-order chi connectivity index (χ0) is 16.1. The third kappa shape index (κ3) is 4.75. The highest BCUT2D eigenvalue weighted by atomic mass is 32.1. The van der Waals surface area contributed by atoms with Gasteiger partial charge in [-0.3, -0.25) is 4.79 Å². The van der Waals surface area contributed by atoms with Gasteiger partial charge in [0.05, 0.1) is 25.3 Å². The molecule has 1 aromatic heterocycles. The van der Waals surface area contributed by atoms with Gasteiger partial charge in [-0.1, -0.05) is 6.92 Å². The molecule has 126 valence electrons. The zero-order valence-electron chi connectivity index (χ0n) is 13.6. The van der Waals surface area contributed by atoms with Crippen molar-refractivity contribution in [3.8, 4) is 0 Å². The summed E-state index contributed by atoms with van der Waals surface area (Å²) in [5, 5.41) is 7.21. The van der Waals surface area contributed by atoms with E-state index in [9.17, 15) is 4.79 Å². The lowest BCUT2D eigenvalue weighted by Gasteiger charge is -2.26. The summed E-state index contributed by atoms with van der Waals surface area (Å²) in [6, 6.07) is 0. The summed E-state index contributed by atoms with van der Waals surface area (Å²) in [5.74, 6) is 0.688. The molecule has 1 N–H and O–H groups in total. The summed E-state index contributed by atoms with van der Waals surface area (Å²) < 4.78 is 5.35. The van der Waals surface area contributed by atoms with E-state index >= 15 is 0 Å². The first-order valence-electron chi connectivity index (χ1n) is 8.32. The monoisotopic (exact) mass is 336 g/mol. The van der Waals surface area contributed by atoms with Crippen LogP contribution < -0.4 is 10.3 Å². The number of anilines is 1. The van der Waals surface area contributed by atoms with Crippen molar-refractivity contribution < 1.29 is 9.53 Å². The number of carbonyl (C=O) groups excluding carboxylic acids is 1. The van der Waals surface area contributed by atoms with Crippen LogP contribution in [0.2, 0.25) is 0 Å². The van der Waals surface area contributed by atoms with Crippen molar-refractivity contribution in [2.24, 2.45) is 11.0 Å². The molecule has 1 aliphatic heterocycles. The second-order valence-electron chi connectivity index (χ2n) is 6.29. The maximum atomic E-state index is 12.0. The molecule has 0 spiro atoms. The molecule has 2 heterocycles. The summed E-state index contributed by atoms with van der Waals surface area (Å²) in [7, 11) is 0. The molecule has 0 radical (unpaired) electrons. The van der Waals surface area contributed by atoms with Crippen LogP contribution in [-0.2, 0) is 16.0 Å². The van der Waals surface area contributed by atoms with Gasteiger partial charge in [0.1, 0.15) is 0 Å². The fourth-order valence-corrected chi connectivity index (χ4v) is 3.71. The minimum atomic E-state index is -0.0880. The van der Waals surface area contributed by atoms with Gasteiger partial charge in [-0.2, -0.15) is 5.10 Å². The predicted molar refractivity (Wildman–Crippen MR) is 92.1 cm³/mol. The third-order valence-electron chi connectivity index (χ3n) is 4.35. The minimum absolute atomic E-state index is 0.0880. The molecule has 2 aliphatic rings. The molecule has 0 unspecified atom stereocenters. The van der Waals surface area contributed by atoms with Crippen LogP contribution in [-0.4, -0.2) is 42.9 Å².